The van der Waals surface area contributed by atoms with Crippen LogP contribution in [-0.2, 0) is 6.54 Å². The molecule has 0 aromatic carbocycles. The van der Waals surface area contributed by atoms with Crippen molar-refractivity contribution in [3.63, 3.8) is 0 Å². The molecular weight excluding hydrogens is 226 g/mol. The number of nitrogens with two attached hydrogens (primary N) is 1. The second kappa shape index (κ2) is 5.22. The van der Waals surface area contributed by atoms with E-state index >= 15 is 0 Å². The van der Waals surface area contributed by atoms with Gasteiger partial charge in [0, 0.05) is 12.7 Å². The molecule has 2 N–H and O–H groups in total. The Balaban J connectivity index is 2.13. The Kier molecular flexibility index (Phi) is 3.85. The Morgan fingerprint density at radius 3 is 3.11 bits per heavy atom. The number of hydrogen-bond donors (Lipinski definition) is 1. The van der Waals surface area contributed by atoms with Gasteiger partial charge in [0.1, 0.15) is 0 Å². The van der Waals surface area contributed by atoms with Crippen LogP contribution in [0.2, 0.25) is 0 Å². The van der Waals surface area contributed by atoms with Gasteiger partial charge in [0.15, 0.2) is 5.78 Å². The molecule has 0 amide bonds. The maximum atomic E-state index is 12.5. The predicted molar refractivity (Wildman–Crippen MR) is 71.4 cm³/mol. The van der Waals surface area contributed by atoms with Crippen molar-refractivity contribution in [3.8, 4) is 0 Å². The van der Waals surface area contributed by atoms with E-state index in [1.54, 1.807) is 6.20 Å². The number of ketones is 1. The summed E-state index contributed by atoms with van der Waals surface area (Å²) in [5.74, 6) is 0.606. The van der Waals surface area contributed by atoms with E-state index in [2.05, 4.69) is 18.9 Å². The number of aromatic nitrogens is 2. The highest BCUT2D eigenvalue weighted by Gasteiger charge is 2.38. The summed E-state index contributed by atoms with van der Waals surface area (Å²) >= 11 is 0. The zero-order valence-electron chi connectivity index (χ0n) is 11.4. The minimum Gasteiger partial charge on any atom is -0.319 e. The van der Waals surface area contributed by atoms with Gasteiger partial charge in [-0.25, -0.2) is 0 Å². The molecule has 2 rings (SSSR count). The van der Waals surface area contributed by atoms with Crippen LogP contribution in [0.15, 0.2) is 12.4 Å². The fourth-order valence-electron chi connectivity index (χ4n) is 2.92. The fraction of sp³-hybridized carbons (Fsp3) is 0.714. The fourth-order valence-corrected chi connectivity index (χ4v) is 2.92. The van der Waals surface area contributed by atoms with E-state index in [1.165, 1.54) is 6.42 Å². The Hall–Kier alpha value is -1.16. The van der Waals surface area contributed by atoms with Gasteiger partial charge in [-0.15, -0.1) is 0 Å². The first kappa shape index (κ1) is 13.3. The van der Waals surface area contributed by atoms with Crippen molar-refractivity contribution in [1.29, 1.82) is 0 Å². The van der Waals surface area contributed by atoms with Crippen molar-refractivity contribution in [1.82, 2.24) is 9.78 Å². The van der Waals surface area contributed by atoms with Gasteiger partial charge in [0.2, 0.25) is 0 Å². The van der Waals surface area contributed by atoms with Gasteiger partial charge < -0.3 is 5.73 Å². The van der Waals surface area contributed by atoms with Gasteiger partial charge in [-0.2, -0.15) is 5.10 Å². The van der Waals surface area contributed by atoms with Gasteiger partial charge in [0.05, 0.1) is 17.3 Å². The van der Waals surface area contributed by atoms with E-state index < -0.39 is 5.54 Å². The summed E-state index contributed by atoms with van der Waals surface area (Å²) in [7, 11) is 0. The first-order valence-electron chi connectivity index (χ1n) is 6.91. The lowest BCUT2D eigenvalue weighted by molar-refractivity contribution is 0.0819. The molecule has 1 fully saturated rings. The van der Waals surface area contributed by atoms with Crippen LogP contribution in [0.5, 0.6) is 0 Å². The van der Waals surface area contributed by atoms with Crippen LogP contribution >= 0.6 is 0 Å². The number of carbonyl (C=O) groups excluding carboxylic acids is 1. The van der Waals surface area contributed by atoms with E-state index in [0.29, 0.717) is 11.5 Å². The van der Waals surface area contributed by atoms with Crippen LogP contribution in [0.4, 0.5) is 0 Å². The zero-order chi connectivity index (χ0) is 13.2. The molecule has 18 heavy (non-hydrogen) atoms. The average molecular weight is 249 g/mol. The largest absolute Gasteiger partial charge is 0.319 e. The highest BCUT2D eigenvalue weighted by Crippen LogP contribution is 2.32. The molecule has 1 aliphatic carbocycles. The highest BCUT2D eigenvalue weighted by atomic mass is 16.1. The number of nitrogens with zero attached hydrogens (tertiary/aromatic N) is 2. The quantitative estimate of drug-likeness (QED) is 0.833. The second-order valence-corrected chi connectivity index (χ2v) is 5.68. The van der Waals surface area contributed by atoms with E-state index in [0.717, 1.165) is 32.2 Å². The zero-order valence-corrected chi connectivity index (χ0v) is 11.4. The van der Waals surface area contributed by atoms with Crippen LogP contribution in [0.3, 0.4) is 0 Å². The van der Waals surface area contributed by atoms with E-state index in [1.807, 2.05) is 10.9 Å². The number of aryl methyl sites for hydroxylation is 1. The molecular formula is C14H23N3O. The van der Waals surface area contributed by atoms with Gasteiger partial charge >= 0.3 is 0 Å². The minimum absolute atomic E-state index is 0.0661. The molecule has 1 heterocycles. The molecule has 0 bridgehead atoms. The molecule has 1 aromatic rings. The lowest BCUT2D eigenvalue weighted by Crippen LogP contribution is -2.50. The van der Waals surface area contributed by atoms with Crippen LogP contribution in [0.25, 0.3) is 0 Å². The van der Waals surface area contributed by atoms with Crippen LogP contribution < -0.4 is 5.73 Å². The van der Waals surface area contributed by atoms with Crippen molar-refractivity contribution in [2.24, 2.45) is 11.7 Å². The number of Topliss-reactive ketones (excluding diaryl/α,β-unsaturated/α-hetero) is 1. The minimum atomic E-state index is -0.669. The smallest absolute Gasteiger partial charge is 0.185 e. The first-order chi connectivity index (χ1) is 8.55. The molecule has 1 aromatic heterocycles. The van der Waals surface area contributed by atoms with Crippen LogP contribution in [0.1, 0.15) is 56.3 Å². The summed E-state index contributed by atoms with van der Waals surface area (Å²) in [4.78, 5) is 12.5. The Morgan fingerprint density at radius 2 is 2.44 bits per heavy atom. The van der Waals surface area contributed by atoms with Crippen molar-refractivity contribution >= 4 is 5.78 Å². The van der Waals surface area contributed by atoms with Gasteiger partial charge in [-0.3, -0.25) is 9.48 Å². The van der Waals surface area contributed by atoms with Crippen molar-refractivity contribution in [3.05, 3.63) is 18.0 Å². The maximum absolute atomic E-state index is 12.5. The van der Waals surface area contributed by atoms with Crippen LogP contribution in [0, 0.1) is 5.92 Å². The Labute approximate surface area is 109 Å². The van der Waals surface area contributed by atoms with Crippen molar-refractivity contribution < 1.29 is 4.79 Å². The summed E-state index contributed by atoms with van der Waals surface area (Å²) in [5.41, 5.74) is 6.32. The molecule has 1 aliphatic rings. The summed E-state index contributed by atoms with van der Waals surface area (Å²) in [6.07, 6.45) is 8.33. The SMILES string of the molecule is CCCn1cc(C(=O)C2(N)CCCC(C)C2)cn1. The lowest BCUT2D eigenvalue weighted by atomic mass is 9.73. The van der Waals surface area contributed by atoms with Gasteiger partial charge in [-0.1, -0.05) is 26.7 Å². The molecule has 4 nitrogen and oxygen atoms in total. The summed E-state index contributed by atoms with van der Waals surface area (Å²) in [6.45, 7) is 5.12. The second-order valence-electron chi connectivity index (χ2n) is 5.68. The predicted octanol–water partition coefficient (Wildman–Crippen LogP) is 2.38. The molecule has 100 valence electrons. The third kappa shape index (κ3) is 2.64. The third-order valence-electron chi connectivity index (χ3n) is 3.83. The summed E-state index contributed by atoms with van der Waals surface area (Å²) in [6, 6.07) is 0. The van der Waals surface area contributed by atoms with E-state index in [9.17, 15) is 4.79 Å². The molecule has 0 radical (unpaired) electrons. The number of hydrogen-bond acceptors (Lipinski definition) is 3. The molecule has 2 unspecified atom stereocenters. The Bertz CT molecular complexity index is 426. The van der Waals surface area contributed by atoms with Crippen molar-refractivity contribution in [2.45, 2.75) is 58.0 Å². The highest BCUT2D eigenvalue weighted by molar-refractivity contribution is 6.02. The average Bonchev–Trinajstić information content (AvgIpc) is 2.77. The molecule has 0 spiro atoms. The monoisotopic (exact) mass is 249 g/mol. The van der Waals surface area contributed by atoms with Gasteiger partial charge in [-0.05, 0) is 25.2 Å². The standard InChI is InChI=1S/C14H23N3O/c1-3-7-17-10-12(9-16-17)13(18)14(15)6-4-5-11(2)8-14/h9-11H,3-8,15H2,1-2H3. The van der Waals surface area contributed by atoms with Gasteiger partial charge in [0.25, 0.3) is 0 Å². The molecule has 0 aliphatic heterocycles. The van der Waals surface area contributed by atoms with E-state index in [4.69, 9.17) is 5.73 Å². The molecule has 0 saturated heterocycles. The first-order valence-corrected chi connectivity index (χ1v) is 6.91. The topological polar surface area (TPSA) is 60.9 Å². The third-order valence-corrected chi connectivity index (χ3v) is 3.83. The maximum Gasteiger partial charge on any atom is 0.185 e. The number of rotatable bonds is 4. The van der Waals surface area contributed by atoms with Crippen LogP contribution in [-0.4, -0.2) is 21.1 Å². The normalized spacial score (nSPS) is 28.3. The summed E-state index contributed by atoms with van der Waals surface area (Å²) < 4.78 is 1.82. The lowest BCUT2D eigenvalue weighted by Gasteiger charge is -2.35. The molecule has 2 atom stereocenters. The Morgan fingerprint density at radius 1 is 1.67 bits per heavy atom. The summed E-state index contributed by atoms with van der Waals surface area (Å²) in [5, 5.41) is 4.21. The van der Waals surface area contributed by atoms with E-state index in [-0.39, 0.29) is 5.78 Å². The molecule has 4 heteroatoms. The number of carbonyl (C=O) groups is 1. The van der Waals surface area contributed by atoms with Crippen molar-refractivity contribution in [2.75, 3.05) is 0 Å². The molecule has 1 saturated carbocycles.